The first kappa shape index (κ1) is 10.6. The molecule has 13 heavy (non-hydrogen) atoms. The maximum absolute atomic E-state index is 11.4. The molecule has 1 aromatic rings. The summed E-state index contributed by atoms with van der Waals surface area (Å²) in [5.41, 5.74) is -0.00598. The molecule has 0 aromatic carbocycles. The van der Waals surface area contributed by atoms with Gasteiger partial charge in [0.25, 0.3) is 5.56 Å². The van der Waals surface area contributed by atoms with Crippen molar-refractivity contribution in [3.63, 3.8) is 0 Å². The van der Waals surface area contributed by atoms with Crippen molar-refractivity contribution >= 4 is 22.6 Å². The predicted octanol–water partition coefficient (Wildman–Crippen LogP) is 0.620. The average Bonchev–Trinajstić information content (AvgIpc) is 2.13. The van der Waals surface area contributed by atoms with Crippen molar-refractivity contribution in [1.82, 2.24) is 9.55 Å². The van der Waals surface area contributed by atoms with Crippen molar-refractivity contribution < 1.29 is 5.11 Å². The van der Waals surface area contributed by atoms with E-state index in [-0.39, 0.29) is 12.2 Å². The highest BCUT2D eigenvalue weighted by molar-refractivity contribution is 14.1. The second kappa shape index (κ2) is 5.33. The normalized spacial score (nSPS) is 10.3. The Morgan fingerprint density at radius 2 is 2.31 bits per heavy atom. The van der Waals surface area contributed by atoms with Gasteiger partial charge >= 0.3 is 0 Å². The predicted molar refractivity (Wildman–Crippen MR) is 57.5 cm³/mol. The monoisotopic (exact) mass is 294 g/mol. The van der Waals surface area contributed by atoms with E-state index in [0.717, 1.165) is 12.8 Å². The lowest BCUT2D eigenvalue weighted by Crippen LogP contribution is -2.22. The topological polar surface area (TPSA) is 55.1 Å². The molecule has 0 aliphatic heterocycles. The Kier molecular flexibility index (Phi) is 4.37. The zero-order valence-corrected chi connectivity index (χ0v) is 9.27. The molecule has 72 valence electrons. The zero-order chi connectivity index (χ0) is 9.68. The second-order valence-corrected chi connectivity index (χ2v) is 3.83. The van der Waals surface area contributed by atoms with Gasteiger partial charge in [0.2, 0.25) is 0 Å². The third-order valence-electron chi connectivity index (χ3n) is 1.67. The molecule has 1 N–H and O–H groups in total. The summed E-state index contributed by atoms with van der Waals surface area (Å²) in [6, 6.07) is 0. The van der Waals surface area contributed by atoms with Crippen LogP contribution < -0.4 is 5.56 Å². The van der Waals surface area contributed by atoms with Crippen LogP contribution in [0.1, 0.15) is 12.8 Å². The van der Waals surface area contributed by atoms with Crippen molar-refractivity contribution in [1.29, 1.82) is 0 Å². The minimum Gasteiger partial charge on any atom is -0.396 e. The van der Waals surface area contributed by atoms with Crippen LogP contribution in [0.5, 0.6) is 0 Å². The lowest BCUT2D eigenvalue weighted by Gasteiger charge is -2.03. The van der Waals surface area contributed by atoms with Crippen LogP contribution in [-0.2, 0) is 6.54 Å². The number of unbranched alkanes of at least 4 members (excludes halogenated alkanes) is 1. The van der Waals surface area contributed by atoms with Crippen molar-refractivity contribution in [2.24, 2.45) is 0 Å². The van der Waals surface area contributed by atoms with Crippen molar-refractivity contribution in [3.05, 3.63) is 26.4 Å². The van der Waals surface area contributed by atoms with Crippen LogP contribution in [-0.4, -0.2) is 21.3 Å². The largest absolute Gasteiger partial charge is 0.396 e. The van der Waals surface area contributed by atoms with Gasteiger partial charge in [-0.15, -0.1) is 0 Å². The van der Waals surface area contributed by atoms with Crippen LogP contribution in [0, 0.1) is 3.57 Å². The third kappa shape index (κ3) is 3.07. The molecular weight excluding hydrogens is 283 g/mol. The van der Waals surface area contributed by atoms with E-state index in [0.29, 0.717) is 10.1 Å². The summed E-state index contributed by atoms with van der Waals surface area (Å²) in [7, 11) is 0. The number of aliphatic hydroxyl groups is 1. The molecule has 0 unspecified atom stereocenters. The number of aromatic nitrogens is 2. The Labute approximate surface area is 89.8 Å². The van der Waals surface area contributed by atoms with Gasteiger partial charge < -0.3 is 5.11 Å². The number of rotatable bonds is 4. The fraction of sp³-hybridized carbons (Fsp3) is 0.500. The molecule has 1 aromatic heterocycles. The Bertz CT molecular complexity index is 324. The van der Waals surface area contributed by atoms with Crippen LogP contribution in [0.3, 0.4) is 0 Å². The third-order valence-corrected chi connectivity index (χ3v) is 2.41. The molecule has 0 saturated carbocycles. The van der Waals surface area contributed by atoms with Gasteiger partial charge in [-0.1, -0.05) is 0 Å². The summed E-state index contributed by atoms with van der Waals surface area (Å²) < 4.78 is 2.20. The van der Waals surface area contributed by atoms with Gasteiger partial charge in [0, 0.05) is 19.3 Å². The van der Waals surface area contributed by atoms with Crippen LogP contribution >= 0.6 is 22.6 Å². The minimum atomic E-state index is -0.00598. The molecule has 0 saturated heterocycles. The molecule has 0 bridgehead atoms. The van der Waals surface area contributed by atoms with Gasteiger partial charge in [-0.3, -0.25) is 9.36 Å². The number of halogens is 1. The number of aryl methyl sites for hydroxylation is 1. The van der Waals surface area contributed by atoms with E-state index in [2.05, 4.69) is 4.98 Å². The van der Waals surface area contributed by atoms with Crippen molar-refractivity contribution in [3.8, 4) is 0 Å². The lowest BCUT2D eigenvalue weighted by atomic mass is 10.3. The van der Waals surface area contributed by atoms with E-state index in [9.17, 15) is 4.79 Å². The molecule has 0 radical (unpaired) electrons. The Morgan fingerprint density at radius 1 is 1.54 bits per heavy atom. The first-order chi connectivity index (χ1) is 6.25. The van der Waals surface area contributed by atoms with Crippen LogP contribution in [0.2, 0.25) is 0 Å². The molecule has 0 fully saturated rings. The molecule has 0 aliphatic rings. The SMILES string of the molecule is O=c1c(I)cncn1CCCCO. The molecule has 0 atom stereocenters. The number of aliphatic hydroxyl groups excluding tert-OH is 1. The van der Waals surface area contributed by atoms with Crippen molar-refractivity contribution in [2.45, 2.75) is 19.4 Å². The smallest absolute Gasteiger partial charge is 0.266 e. The van der Waals surface area contributed by atoms with Crippen LogP contribution in [0.4, 0.5) is 0 Å². The van der Waals surface area contributed by atoms with Crippen molar-refractivity contribution in [2.75, 3.05) is 6.61 Å². The molecule has 0 amide bonds. The quantitative estimate of drug-likeness (QED) is 0.654. The summed E-state index contributed by atoms with van der Waals surface area (Å²) in [6.45, 7) is 0.801. The second-order valence-electron chi connectivity index (χ2n) is 2.67. The van der Waals surface area contributed by atoms with E-state index in [1.54, 1.807) is 10.8 Å². The van der Waals surface area contributed by atoms with Crippen LogP contribution in [0.15, 0.2) is 17.3 Å². The first-order valence-corrected chi connectivity index (χ1v) is 5.14. The lowest BCUT2D eigenvalue weighted by molar-refractivity contribution is 0.281. The maximum atomic E-state index is 11.4. The number of hydrogen-bond acceptors (Lipinski definition) is 3. The molecule has 5 heteroatoms. The van der Waals surface area contributed by atoms with Gasteiger partial charge in [-0.25, -0.2) is 4.98 Å². The zero-order valence-electron chi connectivity index (χ0n) is 7.11. The van der Waals surface area contributed by atoms with E-state index in [1.165, 1.54) is 6.33 Å². The standard InChI is InChI=1S/C8H11IN2O2/c9-7-5-10-6-11(8(7)13)3-1-2-4-12/h5-6,12H,1-4H2. The Balaban J connectivity index is 2.67. The van der Waals surface area contributed by atoms with Gasteiger partial charge in [0.15, 0.2) is 0 Å². The molecule has 1 rings (SSSR count). The highest BCUT2D eigenvalue weighted by atomic mass is 127. The first-order valence-electron chi connectivity index (χ1n) is 4.06. The van der Waals surface area contributed by atoms with Crippen LogP contribution in [0.25, 0.3) is 0 Å². The average molecular weight is 294 g/mol. The minimum absolute atomic E-state index is 0.00598. The molecule has 0 aliphatic carbocycles. The summed E-state index contributed by atoms with van der Waals surface area (Å²) in [5.74, 6) is 0. The van der Waals surface area contributed by atoms with Gasteiger partial charge in [-0.2, -0.15) is 0 Å². The molecule has 4 nitrogen and oxygen atoms in total. The molecule has 0 spiro atoms. The van der Waals surface area contributed by atoms with Gasteiger partial charge in [0.1, 0.15) is 0 Å². The fourth-order valence-corrected chi connectivity index (χ4v) is 1.45. The summed E-state index contributed by atoms with van der Waals surface area (Å²) in [4.78, 5) is 15.3. The Morgan fingerprint density at radius 3 is 3.00 bits per heavy atom. The summed E-state index contributed by atoms with van der Waals surface area (Å²) >= 11 is 1.97. The highest BCUT2D eigenvalue weighted by Crippen LogP contribution is 1.95. The van der Waals surface area contributed by atoms with E-state index >= 15 is 0 Å². The van der Waals surface area contributed by atoms with Gasteiger partial charge in [-0.05, 0) is 35.4 Å². The van der Waals surface area contributed by atoms with E-state index in [4.69, 9.17) is 5.11 Å². The summed E-state index contributed by atoms with van der Waals surface area (Å²) in [6.07, 6.45) is 4.60. The highest BCUT2D eigenvalue weighted by Gasteiger charge is 1.99. The Hall–Kier alpha value is -0.430. The van der Waals surface area contributed by atoms with E-state index < -0.39 is 0 Å². The number of hydrogen-bond donors (Lipinski definition) is 1. The van der Waals surface area contributed by atoms with Gasteiger partial charge in [0.05, 0.1) is 9.90 Å². The fourth-order valence-electron chi connectivity index (χ4n) is 0.977. The number of nitrogens with zero attached hydrogens (tertiary/aromatic N) is 2. The van der Waals surface area contributed by atoms with E-state index in [1.807, 2.05) is 22.6 Å². The maximum Gasteiger partial charge on any atom is 0.266 e. The molecule has 1 heterocycles. The summed E-state index contributed by atoms with van der Waals surface area (Å²) in [5, 5.41) is 8.56. The molecular formula is C8H11IN2O2.